The minimum absolute atomic E-state index is 0.782. The molecule has 0 radical (unpaired) electrons. The third-order valence-corrected chi connectivity index (χ3v) is 5.15. The molecule has 2 saturated heterocycles. The van der Waals surface area contributed by atoms with Crippen molar-refractivity contribution in [3.8, 4) is 0 Å². The van der Waals surface area contributed by atoms with Crippen molar-refractivity contribution in [2.75, 3.05) is 19.6 Å². The first kappa shape index (κ1) is 12.0. The van der Waals surface area contributed by atoms with Gasteiger partial charge in [-0.2, -0.15) is 0 Å². The van der Waals surface area contributed by atoms with Gasteiger partial charge in [0.25, 0.3) is 0 Å². The maximum atomic E-state index is 5.74. The molecule has 3 fully saturated rings. The molecule has 3 heteroatoms. The van der Waals surface area contributed by atoms with E-state index in [1.54, 1.807) is 0 Å². The topological polar surface area (TPSA) is 19.6 Å². The summed E-state index contributed by atoms with van der Waals surface area (Å²) in [4.78, 5) is 5.42. The highest BCUT2D eigenvalue weighted by Gasteiger charge is 2.43. The average Bonchev–Trinajstić information content (AvgIpc) is 2.80. The Labute approximate surface area is 115 Å². The van der Waals surface area contributed by atoms with Gasteiger partial charge in [-0.3, -0.25) is 9.80 Å². The third kappa shape index (κ3) is 2.34. The number of hydrogen-bond acceptors (Lipinski definition) is 3. The van der Waals surface area contributed by atoms with E-state index in [1.165, 1.54) is 45.3 Å². The Morgan fingerprint density at radius 3 is 2.47 bits per heavy atom. The second-order valence-corrected chi connectivity index (χ2v) is 6.63. The Balaban J connectivity index is 1.40. The van der Waals surface area contributed by atoms with E-state index in [4.69, 9.17) is 4.42 Å². The van der Waals surface area contributed by atoms with Crippen molar-refractivity contribution >= 4 is 0 Å². The van der Waals surface area contributed by atoms with Crippen molar-refractivity contribution in [1.82, 2.24) is 9.80 Å². The van der Waals surface area contributed by atoms with Gasteiger partial charge < -0.3 is 4.42 Å². The van der Waals surface area contributed by atoms with Crippen LogP contribution in [0.15, 0.2) is 16.5 Å². The number of aryl methyl sites for hydroxylation is 1. The average molecular weight is 260 g/mol. The van der Waals surface area contributed by atoms with Gasteiger partial charge in [-0.25, -0.2) is 0 Å². The summed E-state index contributed by atoms with van der Waals surface area (Å²) in [6.07, 6.45) is 5.67. The van der Waals surface area contributed by atoms with Crippen molar-refractivity contribution in [1.29, 1.82) is 0 Å². The first-order valence-electron chi connectivity index (χ1n) is 7.83. The first-order chi connectivity index (χ1) is 9.29. The zero-order valence-electron chi connectivity index (χ0n) is 11.8. The fourth-order valence-electron chi connectivity index (χ4n) is 3.99. The molecule has 0 bridgehead atoms. The lowest BCUT2D eigenvalue weighted by Crippen LogP contribution is -2.37. The van der Waals surface area contributed by atoms with Crippen molar-refractivity contribution in [3.05, 3.63) is 23.7 Å². The van der Waals surface area contributed by atoms with E-state index in [2.05, 4.69) is 21.9 Å². The second kappa shape index (κ2) is 4.64. The monoisotopic (exact) mass is 260 g/mol. The summed E-state index contributed by atoms with van der Waals surface area (Å²) < 4.78 is 5.74. The third-order valence-electron chi connectivity index (χ3n) is 5.15. The fourth-order valence-corrected chi connectivity index (χ4v) is 3.99. The van der Waals surface area contributed by atoms with Gasteiger partial charge in [-0.1, -0.05) is 0 Å². The normalized spacial score (nSPS) is 32.1. The van der Waals surface area contributed by atoms with E-state index in [-0.39, 0.29) is 0 Å². The summed E-state index contributed by atoms with van der Waals surface area (Å²) in [6.45, 7) is 6.97. The van der Waals surface area contributed by atoms with Crippen molar-refractivity contribution in [2.45, 2.75) is 51.2 Å². The molecule has 19 heavy (non-hydrogen) atoms. The number of hydrogen-bond donors (Lipinski definition) is 0. The molecule has 4 rings (SSSR count). The van der Waals surface area contributed by atoms with Crippen LogP contribution >= 0.6 is 0 Å². The molecular formula is C16H24N2O. The molecule has 3 heterocycles. The summed E-state index contributed by atoms with van der Waals surface area (Å²) in [7, 11) is 0. The Morgan fingerprint density at radius 1 is 1.05 bits per heavy atom. The highest BCUT2D eigenvalue weighted by atomic mass is 16.3. The van der Waals surface area contributed by atoms with E-state index >= 15 is 0 Å². The summed E-state index contributed by atoms with van der Waals surface area (Å²) >= 11 is 0. The van der Waals surface area contributed by atoms with Gasteiger partial charge in [0.05, 0.1) is 6.54 Å². The van der Waals surface area contributed by atoms with Crippen LogP contribution in [0.4, 0.5) is 0 Å². The molecule has 0 amide bonds. The lowest BCUT2D eigenvalue weighted by Gasteiger charge is -2.25. The van der Waals surface area contributed by atoms with Crippen LogP contribution in [0.25, 0.3) is 0 Å². The van der Waals surface area contributed by atoms with E-state index in [1.807, 2.05) is 6.92 Å². The van der Waals surface area contributed by atoms with E-state index in [9.17, 15) is 0 Å². The van der Waals surface area contributed by atoms with Crippen molar-refractivity contribution < 1.29 is 4.42 Å². The molecule has 0 unspecified atom stereocenters. The predicted molar refractivity (Wildman–Crippen MR) is 75.0 cm³/mol. The van der Waals surface area contributed by atoms with Gasteiger partial charge >= 0.3 is 0 Å². The van der Waals surface area contributed by atoms with Gasteiger partial charge in [0.2, 0.25) is 0 Å². The lowest BCUT2D eigenvalue weighted by atomic mass is 10.1. The van der Waals surface area contributed by atoms with Crippen molar-refractivity contribution in [2.24, 2.45) is 5.92 Å². The van der Waals surface area contributed by atoms with Gasteiger partial charge in [0, 0.05) is 31.7 Å². The van der Waals surface area contributed by atoms with Crippen LogP contribution in [0.2, 0.25) is 0 Å². The van der Waals surface area contributed by atoms with Gasteiger partial charge in [-0.15, -0.1) is 0 Å². The first-order valence-corrected chi connectivity index (χ1v) is 7.83. The summed E-state index contributed by atoms with van der Waals surface area (Å²) in [5.41, 5.74) is 0. The number of rotatable bonds is 4. The second-order valence-electron chi connectivity index (χ2n) is 6.63. The zero-order valence-corrected chi connectivity index (χ0v) is 11.8. The Bertz CT molecular complexity index is 451. The van der Waals surface area contributed by atoms with Crippen LogP contribution in [0.3, 0.4) is 0 Å². The molecule has 1 aromatic heterocycles. The van der Waals surface area contributed by atoms with Crippen molar-refractivity contribution in [3.63, 3.8) is 0 Å². The molecule has 104 valence electrons. The maximum absolute atomic E-state index is 5.74. The number of nitrogens with zero attached hydrogens (tertiary/aromatic N) is 2. The van der Waals surface area contributed by atoms with Crippen LogP contribution in [-0.4, -0.2) is 41.5 Å². The summed E-state index contributed by atoms with van der Waals surface area (Å²) in [6, 6.07) is 5.83. The standard InChI is InChI=1S/C16H24N2O/c1-12-2-5-14(19-12)11-18-9-7-15-16(18)6-8-17(15)10-13-3-4-13/h2,5,13,15-16H,3-4,6-11H2,1H3/t15-,16+/m0/s1. The quantitative estimate of drug-likeness (QED) is 0.830. The molecule has 0 aromatic carbocycles. The van der Waals surface area contributed by atoms with Gasteiger partial charge in [-0.05, 0) is 50.7 Å². The molecular weight excluding hydrogens is 236 g/mol. The summed E-state index contributed by atoms with van der Waals surface area (Å²) in [5, 5.41) is 0. The van der Waals surface area contributed by atoms with Crippen LogP contribution in [0.1, 0.15) is 37.2 Å². The summed E-state index contributed by atoms with van der Waals surface area (Å²) in [5.74, 6) is 3.20. The molecule has 1 saturated carbocycles. The van der Waals surface area contributed by atoms with Crippen LogP contribution < -0.4 is 0 Å². The van der Waals surface area contributed by atoms with Crippen LogP contribution in [-0.2, 0) is 6.54 Å². The van der Waals surface area contributed by atoms with Gasteiger partial charge in [0.15, 0.2) is 0 Å². The fraction of sp³-hybridized carbons (Fsp3) is 0.750. The van der Waals surface area contributed by atoms with Crippen LogP contribution in [0, 0.1) is 12.8 Å². The molecule has 0 N–H and O–H groups in total. The smallest absolute Gasteiger partial charge is 0.118 e. The zero-order chi connectivity index (χ0) is 12.8. The molecule has 2 atom stereocenters. The van der Waals surface area contributed by atoms with E-state index in [0.717, 1.165) is 36.1 Å². The maximum Gasteiger partial charge on any atom is 0.118 e. The van der Waals surface area contributed by atoms with Gasteiger partial charge in [0.1, 0.15) is 11.5 Å². The van der Waals surface area contributed by atoms with E-state index < -0.39 is 0 Å². The molecule has 0 spiro atoms. The number of furan rings is 1. The lowest BCUT2D eigenvalue weighted by molar-refractivity contribution is 0.202. The Kier molecular flexibility index (Phi) is 2.92. The SMILES string of the molecule is Cc1ccc(CN2CC[C@H]3[C@H]2CCN3CC2CC2)o1. The molecule has 3 nitrogen and oxygen atoms in total. The Morgan fingerprint density at radius 2 is 1.79 bits per heavy atom. The minimum atomic E-state index is 0.782. The van der Waals surface area contributed by atoms with Crippen LogP contribution in [0.5, 0.6) is 0 Å². The molecule has 1 aliphatic carbocycles. The Hall–Kier alpha value is -0.800. The minimum Gasteiger partial charge on any atom is -0.465 e. The van der Waals surface area contributed by atoms with E-state index in [0.29, 0.717) is 0 Å². The number of fused-ring (bicyclic) bond motifs is 1. The molecule has 1 aromatic rings. The molecule has 2 aliphatic heterocycles. The predicted octanol–water partition coefficient (Wildman–Crippen LogP) is 2.65. The number of likely N-dealkylation sites (tertiary alicyclic amines) is 2. The highest BCUT2D eigenvalue weighted by Crippen LogP contribution is 2.37. The largest absolute Gasteiger partial charge is 0.465 e. The molecule has 3 aliphatic rings. The highest BCUT2D eigenvalue weighted by molar-refractivity contribution is 5.08.